The molecule has 18 atom stereocenters. The predicted molar refractivity (Wildman–Crippen MR) is 263 cm³/mol. The van der Waals surface area contributed by atoms with E-state index in [1.807, 2.05) is 0 Å². The maximum atomic E-state index is 14.3. The van der Waals surface area contributed by atoms with Crippen molar-refractivity contribution in [1.29, 1.82) is 0 Å². The lowest BCUT2D eigenvalue weighted by molar-refractivity contribution is -0.301. The summed E-state index contributed by atoms with van der Waals surface area (Å²) in [5, 5.41) is 128. The van der Waals surface area contributed by atoms with Gasteiger partial charge in [0.1, 0.15) is 84.8 Å². The van der Waals surface area contributed by atoms with Gasteiger partial charge < -0.3 is 110 Å². The van der Waals surface area contributed by atoms with Crippen LogP contribution in [0.4, 0.5) is 0 Å². The van der Waals surface area contributed by atoms with Gasteiger partial charge in [-0.05, 0) is 25.7 Å². The van der Waals surface area contributed by atoms with Crippen molar-refractivity contribution in [2.75, 3.05) is 52.7 Å². The molecule has 0 saturated carbocycles. The molecular formula is C49H78N4O28. The number of nitrogens with zero attached hydrogens (tertiary/aromatic N) is 1. The molecule has 4 fully saturated rings. The van der Waals surface area contributed by atoms with Crippen LogP contribution in [0.1, 0.15) is 90.4 Å². The maximum Gasteiger partial charge on any atom is 0.333 e. The molecule has 32 heteroatoms. The molecule has 4 aliphatic heterocycles. The van der Waals surface area contributed by atoms with E-state index in [0.717, 1.165) is 0 Å². The molecule has 0 aromatic rings. The summed E-state index contributed by atoms with van der Waals surface area (Å²) in [5.41, 5.74) is 0. The summed E-state index contributed by atoms with van der Waals surface area (Å²) in [5.74, 6) is -9.09. The number of hydrogen-bond acceptors (Lipinski definition) is 28. The Labute approximate surface area is 463 Å². The smallest absolute Gasteiger partial charge is 0.333 e. The highest BCUT2D eigenvalue weighted by Gasteiger charge is 2.46. The van der Waals surface area contributed by atoms with Crippen LogP contribution in [0.3, 0.4) is 0 Å². The zero-order valence-corrected chi connectivity index (χ0v) is 44.6. The number of hydroxylamine groups is 2. The van der Waals surface area contributed by atoms with Crippen molar-refractivity contribution in [1.82, 2.24) is 21.0 Å². The number of ether oxygens (including phenoxy) is 6. The van der Waals surface area contributed by atoms with E-state index in [0.29, 0.717) is 5.06 Å². The molecular weight excluding hydrogens is 1090 g/mol. The number of carbonyl (C=O) groups is 9. The van der Waals surface area contributed by atoms with E-state index < -0.39 is 215 Å². The van der Waals surface area contributed by atoms with Crippen molar-refractivity contribution >= 4 is 52.9 Å². The van der Waals surface area contributed by atoms with Gasteiger partial charge in [0.25, 0.3) is 11.8 Å². The SMILES string of the molecule is C[C@H](CC(=O)CCCCC(=O)ON1C(=O)CCC1=O)C(=O)N[C@@H](CCC(=O)NCCO[C@H]1O[C@H](CO)[C@@H](O)[C@H](O)[C@@H]1O)C(=O)CC(CC(=O)CCCOC1O[C@H](CO)[C@@H](O)[C@H](O)[C@@H]1O)C(=O)NCCO[C@H]1O[C@H](CO)[C@@H](O)[C@H](O)[C@@H]1O. The second-order valence-electron chi connectivity index (χ2n) is 20.1. The first kappa shape index (κ1) is 68.8. The summed E-state index contributed by atoms with van der Waals surface area (Å²) in [6, 6.07) is -1.54. The lowest BCUT2D eigenvalue weighted by atomic mass is 9.90. The number of carbonyl (C=O) groups excluding carboxylic acids is 9. The third kappa shape index (κ3) is 20.9. The average Bonchev–Trinajstić information content (AvgIpc) is 3.76. The third-order valence-electron chi connectivity index (χ3n) is 13.7. The summed E-state index contributed by atoms with van der Waals surface area (Å²) in [6.07, 6.45) is -27.2. The van der Waals surface area contributed by atoms with Gasteiger partial charge >= 0.3 is 5.97 Å². The Bertz CT molecular complexity index is 2070. The molecule has 462 valence electrons. The largest absolute Gasteiger partial charge is 0.394 e. The molecule has 0 aromatic heterocycles. The Hall–Kier alpha value is -4.69. The number of imide groups is 1. The van der Waals surface area contributed by atoms with E-state index in [1.54, 1.807) is 0 Å². The Kier molecular flexibility index (Phi) is 29.0. The van der Waals surface area contributed by atoms with Crippen LogP contribution in [0.15, 0.2) is 0 Å². The standard InChI is InChI=1S/C49H78N4O28/c1-23(17-25(57)5-2-3-7-35(63)81-53-33(61)10-11-34(53)62)45(73)52-27(8-9-32(60)50-12-15-76-48-43(71)40(68)37(65)30(21-55)79-48)28(59)19-24(46(74)51-13-16-77-49-44(72)41(69)38(66)31(22-56)80-49)18-26(58)6-4-14-75-47-42(70)39(67)36(64)29(20-54)78-47/h23-24,27,29-31,36-44,47-49,54-56,64-72H,2-22H2,1H3,(H,50,60)(H,51,74)(H,52,73)/t23-,24?,27+,29-,30-,31-,36-,37-,38-,39+,40+,41+,42+,43+,44+,47?,48+,49+/m1/s1. The van der Waals surface area contributed by atoms with Crippen LogP contribution in [0.2, 0.25) is 0 Å². The van der Waals surface area contributed by atoms with Crippen LogP contribution < -0.4 is 16.0 Å². The number of ketones is 3. The summed E-state index contributed by atoms with van der Waals surface area (Å²) in [7, 11) is 0. The van der Waals surface area contributed by atoms with Gasteiger partial charge in [-0.1, -0.05) is 6.92 Å². The number of Topliss-reactive ketones (excluding diaryl/α,β-unsaturated/α-hetero) is 3. The van der Waals surface area contributed by atoms with Crippen LogP contribution in [-0.2, 0) is 76.4 Å². The van der Waals surface area contributed by atoms with Gasteiger partial charge in [-0.25, -0.2) is 4.79 Å². The Morgan fingerprint density at radius 1 is 0.543 bits per heavy atom. The molecule has 0 aliphatic carbocycles. The first-order chi connectivity index (χ1) is 38.4. The molecule has 0 radical (unpaired) electrons. The van der Waals surface area contributed by atoms with Crippen molar-refractivity contribution in [2.24, 2.45) is 11.8 Å². The molecule has 4 saturated heterocycles. The second kappa shape index (κ2) is 34.2. The van der Waals surface area contributed by atoms with Crippen molar-refractivity contribution in [3.05, 3.63) is 0 Å². The van der Waals surface area contributed by atoms with Gasteiger partial charge in [-0.2, -0.15) is 0 Å². The monoisotopic (exact) mass is 1170 g/mol. The number of hydrogen-bond donors (Lipinski definition) is 15. The van der Waals surface area contributed by atoms with E-state index in [-0.39, 0.29) is 84.1 Å². The molecule has 4 heterocycles. The van der Waals surface area contributed by atoms with Crippen LogP contribution in [0.25, 0.3) is 0 Å². The molecule has 2 unspecified atom stereocenters. The first-order valence-corrected chi connectivity index (χ1v) is 26.7. The van der Waals surface area contributed by atoms with E-state index in [2.05, 4.69) is 16.0 Å². The highest BCUT2D eigenvalue weighted by Crippen LogP contribution is 2.25. The fraction of sp³-hybridized carbons (Fsp3) is 0.816. The molecule has 15 N–H and O–H groups in total. The third-order valence-corrected chi connectivity index (χ3v) is 13.7. The highest BCUT2D eigenvalue weighted by molar-refractivity contribution is 6.01. The van der Waals surface area contributed by atoms with Gasteiger partial charge in [0, 0.05) is 76.8 Å². The summed E-state index contributed by atoms with van der Waals surface area (Å²) < 4.78 is 32.2. The quantitative estimate of drug-likeness (QED) is 0.0207. The minimum absolute atomic E-state index is 0.0728. The van der Waals surface area contributed by atoms with E-state index >= 15 is 0 Å². The number of rotatable bonds is 35. The summed E-state index contributed by atoms with van der Waals surface area (Å²) in [6.45, 7) is -2.47. The second-order valence-corrected chi connectivity index (χ2v) is 20.1. The highest BCUT2D eigenvalue weighted by atomic mass is 16.7. The van der Waals surface area contributed by atoms with Crippen LogP contribution in [0.5, 0.6) is 0 Å². The van der Waals surface area contributed by atoms with Gasteiger partial charge in [-0.15, -0.1) is 5.06 Å². The van der Waals surface area contributed by atoms with Crippen molar-refractivity contribution < 1.29 is 138 Å². The minimum atomic E-state index is -1.78. The van der Waals surface area contributed by atoms with Crippen molar-refractivity contribution in [3.63, 3.8) is 0 Å². The normalized spacial score (nSPS) is 30.7. The molecule has 0 spiro atoms. The van der Waals surface area contributed by atoms with E-state index in [9.17, 15) is 104 Å². The number of nitrogens with one attached hydrogen (secondary N) is 3. The van der Waals surface area contributed by atoms with Gasteiger partial charge in [0.15, 0.2) is 24.7 Å². The van der Waals surface area contributed by atoms with E-state index in [1.165, 1.54) is 6.92 Å². The van der Waals surface area contributed by atoms with Gasteiger partial charge in [0.2, 0.25) is 17.7 Å². The van der Waals surface area contributed by atoms with Crippen molar-refractivity contribution in [2.45, 2.75) is 189 Å². The topological polar surface area (TPSA) is 500 Å². The number of unbranched alkanes of at least 4 members (excludes halogenated alkanes) is 1. The van der Waals surface area contributed by atoms with Crippen molar-refractivity contribution in [3.8, 4) is 0 Å². The summed E-state index contributed by atoms with van der Waals surface area (Å²) in [4.78, 5) is 122. The number of aliphatic hydroxyl groups excluding tert-OH is 12. The molecule has 5 amide bonds. The zero-order valence-electron chi connectivity index (χ0n) is 44.6. The number of amides is 5. The van der Waals surface area contributed by atoms with Gasteiger partial charge in [-0.3, -0.25) is 38.4 Å². The fourth-order valence-electron chi connectivity index (χ4n) is 8.89. The molecule has 4 aliphatic rings. The molecule has 0 bridgehead atoms. The molecule has 4 rings (SSSR count). The predicted octanol–water partition coefficient (Wildman–Crippen LogP) is -7.99. The zero-order chi connectivity index (χ0) is 60.1. The number of aliphatic hydroxyl groups is 12. The Morgan fingerprint density at radius 2 is 0.988 bits per heavy atom. The van der Waals surface area contributed by atoms with Crippen LogP contribution in [0, 0.1) is 11.8 Å². The maximum absolute atomic E-state index is 14.3. The Balaban J connectivity index is 1.42. The van der Waals surface area contributed by atoms with E-state index in [4.69, 9.17) is 33.3 Å². The summed E-state index contributed by atoms with van der Waals surface area (Å²) >= 11 is 0. The average molecular weight is 1170 g/mol. The van der Waals surface area contributed by atoms with Crippen LogP contribution in [-0.4, -0.2) is 270 Å². The molecule has 32 nitrogen and oxygen atoms in total. The fourth-order valence-corrected chi connectivity index (χ4v) is 8.89. The minimum Gasteiger partial charge on any atom is -0.394 e. The Morgan fingerprint density at radius 3 is 1.48 bits per heavy atom. The molecule has 81 heavy (non-hydrogen) atoms. The lowest BCUT2D eigenvalue weighted by Gasteiger charge is -2.39. The first-order valence-electron chi connectivity index (χ1n) is 26.7. The van der Waals surface area contributed by atoms with Gasteiger partial charge in [0.05, 0.1) is 51.6 Å². The lowest BCUT2D eigenvalue weighted by Crippen LogP contribution is -2.59. The molecule has 0 aromatic carbocycles. The van der Waals surface area contributed by atoms with Crippen LogP contribution >= 0.6 is 0 Å².